The van der Waals surface area contributed by atoms with E-state index >= 15 is 0 Å². The minimum atomic E-state index is 0. The lowest BCUT2D eigenvalue weighted by atomic mass is 10.2. The third kappa shape index (κ3) is 6.12. The van der Waals surface area contributed by atoms with Crippen LogP contribution in [-0.4, -0.2) is 22.6 Å². The van der Waals surface area contributed by atoms with Gasteiger partial charge in [0.15, 0.2) is 5.96 Å². The summed E-state index contributed by atoms with van der Waals surface area (Å²) in [6, 6.07) is 7.87. The first kappa shape index (κ1) is 20.4. The van der Waals surface area contributed by atoms with Gasteiger partial charge in [0, 0.05) is 37.3 Å². The molecular weight excluding hydrogens is 417 g/mol. The van der Waals surface area contributed by atoms with Crippen LogP contribution in [0.2, 0.25) is 0 Å². The van der Waals surface area contributed by atoms with Crippen LogP contribution in [0.1, 0.15) is 25.2 Å². The van der Waals surface area contributed by atoms with Gasteiger partial charge in [-0.05, 0) is 12.0 Å². The van der Waals surface area contributed by atoms with E-state index in [1.165, 1.54) is 0 Å². The number of aromatic nitrogens is 2. The van der Waals surface area contributed by atoms with E-state index < -0.39 is 0 Å². The molecule has 0 aliphatic heterocycles. The van der Waals surface area contributed by atoms with E-state index in [0.717, 1.165) is 23.6 Å². The molecule has 1 aromatic heterocycles. The molecule has 0 aliphatic carbocycles. The summed E-state index contributed by atoms with van der Waals surface area (Å²) in [5.41, 5.74) is 7.94. The van der Waals surface area contributed by atoms with Gasteiger partial charge in [-0.15, -0.1) is 24.0 Å². The third-order valence-electron chi connectivity index (χ3n) is 3.33. The van der Waals surface area contributed by atoms with Gasteiger partial charge in [0.2, 0.25) is 0 Å². The van der Waals surface area contributed by atoms with E-state index in [-0.39, 0.29) is 24.0 Å². The van der Waals surface area contributed by atoms with Crippen LogP contribution in [0.5, 0.6) is 0 Å². The van der Waals surface area contributed by atoms with Crippen molar-refractivity contribution in [3.63, 3.8) is 0 Å². The fourth-order valence-corrected chi connectivity index (χ4v) is 2.31. The number of imidazole rings is 1. The van der Waals surface area contributed by atoms with Crippen LogP contribution in [0.15, 0.2) is 41.7 Å². The molecule has 7 heteroatoms. The van der Waals surface area contributed by atoms with E-state index in [9.17, 15) is 0 Å². The highest BCUT2D eigenvalue weighted by atomic mass is 127. The first-order valence-electron chi connectivity index (χ1n) is 7.74. The molecule has 0 radical (unpaired) electrons. The van der Waals surface area contributed by atoms with Crippen LogP contribution in [0.25, 0.3) is 0 Å². The maximum atomic E-state index is 6.00. The monoisotopic (exact) mass is 443 g/mol. The minimum Gasteiger partial charge on any atom is -0.380 e. The highest BCUT2D eigenvalue weighted by molar-refractivity contribution is 14.0. The van der Waals surface area contributed by atoms with Crippen LogP contribution in [0, 0.1) is 5.92 Å². The summed E-state index contributed by atoms with van der Waals surface area (Å²) in [7, 11) is 1.67. The number of para-hydroxylation sites is 1. The van der Waals surface area contributed by atoms with Crippen molar-refractivity contribution in [2.75, 3.05) is 12.4 Å². The summed E-state index contributed by atoms with van der Waals surface area (Å²) >= 11 is 0. The van der Waals surface area contributed by atoms with E-state index in [1.54, 1.807) is 13.3 Å². The van der Waals surface area contributed by atoms with Crippen molar-refractivity contribution in [1.29, 1.82) is 0 Å². The number of methoxy groups -OCH3 is 1. The van der Waals surface area contributed by atoms with Gasteiger partial charge < -0.3 is 20.4 Å². The molecule has 1 aromatic carbocycles. The summed E-state index contributed by atoms with van der Waals surface area (Å²) in [6.45, 7) is 6.25. The lowest BCUT2D eigenvalue weighted by Gasteiger charge is -2.11. The second-order valence-corrected chi connectivity index (χ2v) is 5.81. The quantitative estimate of drug-likeness (QED) is 0.392. The Morgan fingerprint density at radius 3 is 2.83 bits per heavy atom. The Balaban J connectivity index is 0.00000288. The maximum Gasteiger partial charge on any atom is 0.193 e. The molecule has 3 N–H and O–H groups in total. The predicted octanol–water partition coefficient (Wildman–Crippen LogP) is 3.23. The van der Waals surface area contributed by atoms with Gasteiger partial charge in [-0.2, -0.15) is 0 Å². The highest BCUT2D eigenvalue weighted by Gasteiger charge is 2.05. The molecule has 132 valence electrons. The lowest BCUT2D eigenvalue weighted by molar-refractivity contribution is 0.185. The molecule has 0 atom stereocenters. The van der Waals surface area contributed by atoms with Gasteiger partial charge in [-0.1, -0.05) is 32.0 Å². The molecule has 0 fully saturated rings. The van der Waals surface area contributed by atoms with Gasteiger partial charge in [0.1, 0.15) is 12.4 Å². The van der Waals surface area contributed by atoms with E-state index in [0.29, 0.717) is 25.0 Å². The largest absolute Gasteiger partial charge is 0.380 e. The normalized spacial score (nSPS) is 11.4. The SMILES string of the molecule is COCc1ccccc1NC(N)=NCc1nccn1CC(C)C.I. The molecule has 1 heterocycles. The molecule has 6 nitrogen and oxygen atoms in total. The summed E-state index contributed by atoms with van der Waals surface area (Å²) < 4.78 is 7.30. The third-order valence-corrected chi connectivity index (χ3v) is 3.33. The average Bonchev–Trinajstić information content (AvgIpc) is 2.94. The van der Waals surface area contributed by atoms with E-state index in [4.69, 9.17) is 10.5 Å². The molecular formula is C17H26IN5O. The van der Waals surface area contributed by atoms with Crippen molar-refractivity contribution in [2.45, 2.75) is 33.5 Å². The number of nitrogens with zero attached hydrogens (tertiary/aromatic N) is 3. The molecule has 2 rings (SSSR count). The number of aliphatic imine (C=N–C) groups is 1. The number of anilines is 1. The number of rotatable bonds is 7. The average molecular weight is 443 g/mol. The van der Waals surface area contributed by atoms with Crippen LogP contribution in [-0.2, 0) is 24.4 Å². The Labute approximate surface area is 160 Å². The molecule has 0 saturated heterocycles. The lowest BCUT2D eigenvalue weighted by Crippen LogP contribution is -2.23. The zero-order valence-corrected chi connectivity index (χ0v) is 16.7. The van der Waals surface area contributed by atoms with Gasteiger partial charge >= 0.3 is 0 Å². The van der Waals surface area contributed by atoms with E-state index in [2.05, 4.69) is 33.7 Å². The van der Waals surface area contributed by atoms with Crippen LogP contribution >= 0.6 is 24.0 Å². The molecule has 0 bridgehead atoms. The van der Waals surface area contributed by atoms with Crippen molar-refractivity contribution in [1.82, 2.24) is 9.55 Å². The number of benzene rings is 1. The molecule has 0 amide bonds. The van der Waals surface area contributed by atoms with Crippen molar-refractivity contribution < 1.29 is 4.74 Å². The summed E-state index contributed by atoms with van der Waals surface area (Å²) in [4.78, 5) is 8.74. The molecule has 0 unspecified atom stereocenters. The first-order chi connectivity index (χ1) is 11.1. The molecule has 0 aliphatic rings. The first-order valence-corrected chi connectivity index (χ1v) is 7.74. The van der Waals surface area contributed by atoms with Crippen LogP contribution in [0.4, 0.5) is 5.69 Å². The molecule has 24 heavy (non-hydrogen) atoms. The summed E-state index contributed by atoms with van der Waals surface area (Å²) in [6.07, 6.45) is 3.77. The minimum absolute atomic E-state index is 0. The number of hydrogen-bond acceptors (Lipinski definition) is 3. The van der Waals surface area contributed by atoms with Crippen molar-refractivity contribution in [2.24, 2.45) is 16.6 Å². The number of guanidine groups is 1. The predicted molar refractivity (Wildman–Crippen MR) is 109 cm³/mol. The maximum absolute atomic E-state index is 6.00. The fraction of sp³-hybridized carbons (Fsp3) is 0.412. The van der Waals surface area contributed by atoms with Gasteiger partial charge in [0.25, 0.3) is 0 Å². The van der Waals surface area contributed by atoms with Crippen LogP contribution in [0.3, 0.4) is 0 Å². The summed E-state index contributed by atoms with van der Waals surface area (Å²) in [5, 5.41) is 3.13. The Morgan fingerprint density at radius 2 is 2.12 bits per heavy atom. The zero-order valence-electron chi connectivity index (χ0n) is 14.4. The smallest absolute Gasteiger partial charge is 0.193 e. The Kier molecular flexibility index (Phi) is 8.77. The van der Waals surface area contributed by atoms with Crippen molar-refractivity contribution in [3.8, 4) is 0 Å². The topological polar surface area (TPSA) is 77.5 Å². The number of nitrogens with one attached hydrogen (secondary N) is 1. The fourth-order valence-electron chi connectivity index (χ4n) is 2.31. The molecule has 0 spiro atoms. The standard InChI is InChI=1S/C17H25N5O.HI/c1-13(2)11-22-9-8-19-16(22)10-20-17(18)21-15-7-5-4-6-14(15)12-23-3;/h4-9,13H,10-12H2,1-3H3,(H3,18,20,21);1H. The van der Waals surface area contributed by atoms with E-state index in [1.807, 2.05) is 30.5 Å². The second kappa shape index (κ2) is 10.3. The molecule has 0 saturated carbocycles. The Hall–Kier alpha value is -1.61. The summed E-state index contributed by atoms with van der Waals surface area (Å²) in [5.74, 6) is 1.84. The number of halogens is 1. The second-order valence-electron chi connectivity index (χ2n) is 5.81. The van der Waals surface area contributed by atoms with Crippen molar-refractivity contribution in [3.05, 3.63) is 48.0 Å². The van der Waals surface area contributed by atoms with Gasteiger partial charge in [-0.3, -0.25) is 0 Å². The Morgan fingerprint density at radius 1 is 1.38 bits per heavy atom. The number of hydrogen-bond donors (Lipinski definition) is 2. The highest BCUT2D eigenvalue weighted by Crippen LogP contribution is 2.15. The Bertz CT molecular complexity index is 654. The zero-order chi connectivity index (χ0) is 16.7. The van der Waals surface area contributed by atoms with Crippen LogP contribution < -0.4 is 11.1 Å². The van der Waals surface area contributed by atoms with Gasteiger partial charge in [-0.25, -0.2) is 9.98 Å². The van der Waals surface area contributed by atoms with Gasteiger partial charge in [0.05, 0.1) is 6.61 Å². The van der Waals surface area contributed by atoms with Crippen molar-refractivity contribution >= 4 is 35.6 Å². The number of nitrogens with two attached hydrogens (primary N) is 1. The molecule has 2 aromatic rings. The number of ether oxygens (including phenoxy) is 1.